The van der Waals surface area contributed by atoms with Crippen LogP contribution < -0.4 is 5.43 Å². The summed E-state index contributed by atoms with van der Waals surface area (Å²) in [5.74, 6) is 0.632. The summed E-state index contributed by atoms with van der Waals surface area (Å²) in [6, 6.07) is 7.86. The number of nitrogens with zero attached hydrogens (tertiary/aromatic N) is 1. The standard InChI is InChI=1S/C9H7BrN2OS/c10-7-3-1-6(2-4-7)8-5-14-9(13)12-11-8/h1-4H,5H2,(H,12,13). The highest BCUT2D eigenvalue weighted by Crippen LogP contribution is 2.15. The zero-order valence-electron chi connectivity index (χ0n) is 7.16. The van der Waals surface area contributed by atoms with Crippen molar-refractivity contribution >= 4 is 38.6 Å². The molecular formula is C9H7BrN2OS. The molecule has 1 N–H and O–H groups in total. The van der Waals surface area contributed by atoms with Gasteiger partial charge >= 0.3 is 0 Å². The molecule has 0 bridgehead atoms. The van der Waals surface area contributed by atoms with E-state index in [0.717, 1.165) is 15.7 Å². The number of amides is 1. The van der Waals surface area contributed by atoms with Gasteiger partial charge in [-0.2, -0.15) is 5.10 Å². The van der Waals surface area contributed by atoms with E-state index in [1.165, 1.54) is 11.8 Å². The van der Waals surface area contributed by atoms with Crippen molar-refractivity contribution in [1.82, 2.24) is 5.43 Å². The summed E-state index contributed by atoms with van der Waals surface area (Å²) >= 11 is 4.60. The number of benzene rings is 1. The Morgan fingerprint density at radius 1 is 1.36 bits per heavy atom. The Bertz CT molecular complexity index is 388. The fraction of sp³-hybridized carbons (Fsp3) is 0.111. The van der Waals surface area contributed by atoms with Gasteiger partial charge in [0.2, 0.25) is 0 Å². The molecule has 0 unspecified atom stereocenters. The first-order valence-corrected chi connectivity index (χ1v) is 5.79. The number of hydrazone groups is 1. The topological polar surface area (TPSA) is 41.5 Å². The summed E-state index contributed by atoms with van der Waals surface area (Å²) in [5, 5.41) is 3.90. The maximum Gasteiger partial charge on any atom is 0.299 e. The van der Waals surface area contributed by atoms with E-state index in [9.17, 15) is 4.79 Å². The highest BCUT2D eigenvalue weighted by molar-refractivity contribution is 9.10. The number of rotatable bonds is 1. The Balaban J connectivity index is 2.23. The molecule has 1 aliphatic heterocycles. The number of hydrogen-bond acceptors (Lipinski definition) is 3. The predicted octanol–water partition coefficient (Wildman–Crippen LogP) is 2.61. The lowest BCUT2D eigenvalue weighted by molar-refractivity contribution is 0.261. The Morgan fingerprint density at radius 3 is 2.64 bits per heavy atom. The van der Waals surface area contributed by atoms with Gasteiger partial charge in [0.25, 0.3) is 5.24 Å². The van der Waals surface area contributed by atoms with E-state index in [-0.39, 0.29) is 5.24 Å². The highest BCUT2D eigenvalue weighted by Gasteiger charge is 2.13. The molecule has 2 rings (SSSR count). The third-order valence-electron chi connectivity index (χ3n) is 1.80. The summed E-state index contributed by atoms with van der Waals surface area (Å²) in [4.78, 5) is 10.8. The van der Waals surface area contributed by atoms with Crippen LogP contribution in [0.25, 0.3) is 0 Å². The molecular weight excluding hydrogens is 264 g/mol. The fourth-order valence-electron chi connectivity index (χ4n) is 1.10. The van der Waals surface area contributed by atoms with Crippen LogP contribution in [0, 0.1) is 0 Å². The van der Waals surface area contributed by atoms with E-state index in [1.807, 2.05) is 24.3 Å². The van der Waals surface area contributed by atoms with Crippen LogP contribution >= 0.6 is 27.7 Å². The third kappa shape index (κ3) is 2.16. The van der Waals surface area contributed by atoms with E-state index in [0.29, 0.717) is 5.75 Å². The van der Waals surface area contributed by atoms with E-state index in [2.05, 4.69) is 26.5 Å². The largest absolute Gasteiger partial charge is 0.299 e. The molecule has 0 fully saturated rings. The predicted molar refractivity (Wildman–Crippen MR) is 61.7 cm³/mol. The Morgan fingerprint density at radius 2 is 2.07 bits per heavy atom. The molecule has 72 valence electrons. The molecule has 5 heteroatoms. The molecule has 1 aromatic carbocycles. The first kappa shape index (κ1) is 9.73. The smallest absolute Gasteiger partial charge is 0.260 e. The molecule has 1 heterocycles. The van der Waals surface area contributed by atoms with E-state index < -0.39 is 0 Å². The number of carbonyl (C=O) groups is 1. The van der Waals surface area contributed by atoms with Crippen LogP contribution in [-0.4, -0.2) is 16.7 Å². The van der Waals surface area contributed by atoms with Crippen LogP contribution in [0.4, 0.5) is 4.79 Å². The minimum Gasteiger partial charge on any atom is -0.260 e. The lowest BCUT2D eigenvalue weighted by Gasteiger charge is -2.11. The number of carbonyl (C=O) groups excluding carboxylic acids is 1. The van der Waals surface area contributed by atoms with Crippen LogP contribution in [0.2, 0.25) is 0 Å². The van der Waals surface area contributed by atoms with Crippen molar-refractivity contribution in [1.29, 1.82) is 0 Å². The maximum absolute atomic E-state index is 10.8. The maximum atomic E-state index is 10.8. The van der Waals surface area contributed by atoms with Crippen LogP contribution in [0.3, 0.4) is 0 Å². The van der Waals surface area contributed by atoms with Gasteiger partial charge in [0, 0.05) is 10.2 Å². The number of halogens is 1. The molecule has 0 spiro atoms. The number of nitrogens with one attached hydrogen (secondary N) is 1. The molecule has 3 nitrogen and oxygen atoms in total. The lowest BCUT2D eigenvalue weighted by atomic mass is 10.1. The lowest BCUT2D eigenvalue weighted by Crippen LogP contribution is -2.23. The summed E-state index contributed by atoms with van der Waals surface area (Å²) < 4.78 is 1.04. The summed E-state index contributed by atoms with van der Waals surface area (Å²) in [6.07, 6.45) is 0. The van der Waals surface area contributed by atoms with Crippen molar-refractivity contribution in [3.05, 3.63) is 34.3 Å². The number of thioether (sulfide) groups is 1. The second-order valence-electron chi connectivity index (χ2n) is 2.75. The van der Waals surface area contributed by atoms with Crippen molar-refractivity contribution in [3.63, 3.8) is 0 Å². The minimum absolute atomic E-state index is 0.0918. The summed E-state index contributed by atoms with van der Waals surface area (Å²) in [6.45, 7) is 0. The normalized spacial score (nSPS) is 16.1. The van der Waals surface area contributed by atoms with Crippen molar-refractivity contribution in [2.24, 2.45) is 5.10 Å². The SMILES string of the molecule is O=C1NN=C(c2ccc(Br)cc2)CS1. The van der Waals surface area contributed by atoms with E-state index >= 15 is 0 Å². The van der Waals surface area contributed by atoms with Crippen molar-refractivity contribution in [2.45, 2.75) is 0 Å². The van der Waals surface area contributed by atoms with Gasteiger partial charge in [-0.3, -0.25) is 4.79 Å². The monoisotopic (exact) mass is 270 g/mol. The molecule has 1 amide bonds. The Labute approximate surface area is 94.1 Å². The van der Waals surface area contributed by atoms with Gasteiger partial charge in [-0.05, 0) is 17.7 Å². The highest BCUT2D eigenvalue weighted by atomic mass is 79.9. The molecule has 1 aromatic rings. The Hall–Kier alpha value is -0.810. The van der Waals surface area contributed by atoms with Gasteiger partial charge in [0.1, 0.15) is 0 Å². The second-order valence-corrected chi connectivity index (χ2v) is 4.62. The van der Waals surface area contributed by atoms with Gasteiger partial charge in [-0.15, -0.1) is 0 Å². The van der Waals surface area contributed by atoms with Crippen LogP contribution in [0.5, 0.6) is 0 Å². The second kappa shape index (κ2) is 4.14. The summed E-state index contributed by atoms with van der Waals surface area (Å²) in [7, 11) is 0. The molecule has 0 aromatic heterocycles. The first-order valence-electron chi connectivity index (χ1n) is 4.01. The summed E-state index contributed by atoms with van der Waals surface area (Å²) in [5.41, 5.74) is 4.39. The van der Waals surface area contributed by atoms with Gasteiger partial charge in [-0.1, -0.05) is 39.8 Å². The van der Waals surface area contributed by atoms with Crippen molar-refractivity contribution < 1.29 is 4.79 Å². The van der Waals surface area contributed by atoms with Gasteiger partial charge in [-0.25, -0.2) is 5.43 Å². The van der Waals surface area contributed by atoms with E-state index in [1.54, 1.807) is 0 Å². The van der Waals surface area contributed by atoms with Gasteiger partial charge in [0.05, 0.1) is 5.71 Å². The molecule has 0 saturated carbocycles. The zero-order chi connectivity index (χ0) is 9.97. The van der Waals surface area contributed by atoms with Gasteiger partial charge in [0.15, 0.2) is 0 Å². The van der Waals surface area contributed by atoms with Gasteiger partial charge < -0.3 is 0 Å². The molecule has 1 aliphatic rings. The third-order valence-corrected chi connectivity index (χ3v) is 3.10. The fourth-order valence-corrected chi connectivity index (χ4v) is 1.98. The van der Waals surface area contributed by atoms with Crippen LogP contribution in [0.15, 0.2) is 33.8 Å². The van der Waals surface area contributed by atoms with E-state index in [4.69, 9.17) is 0 Å². The molecule has 14 heavy (non-hydrogen) atoms. The quantitative estimate of drug-likeness (QED) is 0.853. The van der Waals surface area contributed by atoms with Crippen molar-refractivity contribution in [3.8, 4) is 0 Å². The average Bonchev–Trinajstić information content (AvgIpc) is 2.21. The van der Waals surface area contributed by atoms with Crippen LogP contribution in [0.1, 0.15) is 5.56 Å². The van der Waals surface area contributed by atoms with Crippen molar-refractivity contribution in [2.75, 3.05) is 5.75 Å². The van der Waals surface area contributed by atoms with Crippen LogP contribution in [-0.2, 0) is 0 Å². The zero-order valence-corrected chi connectivity index (χ0v) is 9.56. The molecule has 0 saturated heterocycles. The molecule has 0 atom stereocenters. The minimum atomic E-state index is -0.0918. The number of hydrogen-bond donors (Lipinski definition) is 1. The molecule has 0 radical (unpaired) electrons. The first-order chi connectivity index (χ1) is 6.75. The molecule has 0 aliphatic carbocycles. The average molecular weight is 271 g/mol. The Kier molecular flexibility index (Phi) is 2.88.